The third-order valence-electron chi connectivity index (χ3n) is 3.33. The molecule has 0 spiro atoms. The van der Waals surface area contributed by atoms with Crippen LogP contribution in [0.5, 0.6) is 0 Å². The molecule has 2 heterocycles. The molecule has 0 radical (unpaired) electrons. The van der Waals surface area contributed by atoms with Gasteiger partial charge in [-0.25, -0.2) is 4.98 Å². The topological polar surface area (TPSA) is 45.4 Å². The molecule has 2 rings (SSSR count). The number of aromatic nitrogens is 1. The van der Waals surface area contributed by atoms with Crippen molar-refractivity contribution < 1.29 is 4.39 Å². The van der Waals surface area contributed by atoms with Crippen LogP contribution in [0.2, 0.25) is 0 Å². The zero-order valence-corrected chi connectivity index (χ0v) is 10.7. The number of pyridine rings is 1. The minimum absolute atomic E-state index is 0.405. The molecule has 100 valence electrons. The van der Waals surface area contributed by atoms with Crippen LogP contribution in [0.3, 0.4) is 0 Å². The smallest absolute Gasteiger partial charge is 0.214 e. The van der Waals surface area contributed by atoms with E-state index in [1.165, 1.54) is 6.07 Å². The summed E-state index contributed by atoms with van der Waals surface area (Å²) < 4.78 is 13.0. The second kappa shape index (κ2) is 6.66. The van der Waals surface area contributed by atoms with Crippen LogP contribution in [0.1, 0.15) is 12.8 Å². The zero-order valence-electron chi connectivity index (χ0n) is 10.7. The Balaban J connectivity index is 1.79. The fourth-order valence-corrected chi connectivity index (χ4v) is 2.25. The Hall–Kier alpha value is -1.20. The van der Waals surface area contributed by atoms with Gasteiger partial charge < -0.3 is 10.6 Å². The van der Waals surface area contributed by atoms with E-state index in [0.29, 0.717) is 0 Å². The van der Waals surface area contributed by atoms with E-state index in [9.17, 15) is 4.39 Å². The Morgan fingerprint density at radius 2 is 1.94 bits per heavy atom. The highest BCUT2D eigenvalue weighted by atomic mass is 19.1. The van der Waals surface area contributed by atoms with E-state index in [0.717, 1.165) is 57.9 Å². The van der Waals surface area contributed by atoms with Crippen molar-refractivity contribution in [2.75, 3.05) is 44.2 Å². The average Bonchev–Trinajstić information content (AvgIpc) is 2.40. The number of piperazine rings is 1. The molecule has 1 aliphatic heterocycles. The van der Waals surface area contributed by atoms with Crippen LogP contribution in [-0.4, -0.2) is 49.2 Å². The van der Waals surface area contributed by atoms with Gasteiger partial charge in [-0.15, -0.1) is 0 Å². The van der Waals surface area contributed by atoms with Crippen LogP contribution < -0.4 is 10.6 Å². The predicted octanol–water partition coefficient (Wildman–Crippen LogP) is 1.08. The van der Waals surface area contributed by atoms with E-state index in [1.807, 2.05) is 6.07 Å². The second-order valence-corrected chi connectivity index (χ2v) is 4.64. The maximum Gasteiger partial charge on any atom is 0.214 e. The van der Waals surface area contributed by atoms with Crippen molar-refractivity contribution in [2.24, 2.45) is 5.73 Å². The highest BCUT2D eigenvalue weighted by Gasteiger charge is 2.17. The molecule has 0 saturated carbocycles. The predicted molar refractivity (Wildman–Crippen MR) is 71.1 cm³/mol. The van der Waals surface area contributed by atoms with Crippen molar-refractivity contribution in [1.82, 2.24) is 9.88 Å². The van der Waals surface area contributed by atoms with E-state index in [1.54, 1.807) is 6.07 Å². The van der Waals surface area contributed by atoms with E-state index < -0.39 is 5.95 Å². The normalized spacial score (nSPS) is 17.1. The number of nitrogens with two attached hydrogens (primary N) is 1. The van der Waals surface area contributed by atoms with E-state index in [-0.39, 0.29) is 0 Å². The molecule has 2 N–H and O–H groups in total. The van der Waals surface area contributed by atoms with Gasteiger partial charge in [0.1, 0.15) is 5.82 Å². The molecule has 1 aromatic heterocycles. The Morgan fingerprint density at radius 1 is 1.17 bits per heavy atom. The van der Waals surface area contributed by atoms with E-state index in [4.69, 9.17) is 5.73 Å². The number of nitrogens with zero attached hydrogens (tertiary/aromatic N) is 3. The monoisotopic (exact) mass is 252 g/mol. The molecule has 0 amide bonds. The van der Waals surface area contributed by atoms with Gasteiger partial charge in [0.25, 0.3) is 0 Å². The first-order chi connectivity index (χ1) is 8.79. The van der Waals surface area contributed by atoms with Crippen molar-refractivity contribution in [2.45, 2.75) is 12.8 Å². The van der Waals surface area contributed by atoms with Crippen molar-refractivity contribution in [3.8, 4) is 0 Å². The first-order valence-corrected chi connectivity index (χ1v) is 6.59. The first kappa shape index (κ1) is 13.2. The van der Waals surface area contributed by atoms with Crippen LogP contribution in [0.4, 0.5) is 10.2 Å². The minimum atomic E-state index is -0.405. The van der Waals surface area contributed by atoms with Crippen molar-refractivity contribution in [1.29, 1.82) is 0 Å². The molecule has 4 nitrogen and oxygen atoms in total. The molecule has 18 heavy (non-hydrogen) atoms. The van der Waals surface area contributed by atoms with Crippen LogP contribution in [-0.2, 0) is 0 Å². The summed E-state index contributed by atoms with van der Waals surface area (Å²) in [5.41, 5.74) is 5.49. The van der Waals surface area contributed by atoms with Crippen LogP contribution in [0.15, 0.2) is 18.2 Å². The van der Waals surface area contributed by atoms with Crippen molar-refractivity contribution in [3.05, 3.63) is 24.1 Å². The Kier molecular flexibility index (Phi) is 4.90. The maximum atomic E-state index is 13.0. The summed E-state index contributed by atoms with van der Waals surface area (Å²) >= 11 is 0. The quantitative estimate of drug-likeness (QED) is 0.629. The maximum absolute atomic E-state index is 13.0. The number of unbranched alkanes of at least 4 members (excludes halogenated alkanes) is 1. The molecule has 1 fully saturated rings. The fourth-order valence-electron chi connectivity index (χ4n) is 2.25. The van der Waals surface area contributed by atoms with E-state index >= 15 is 0 Å². The average molecular weight is 252 g/mol. The lowest BCUT2D eigenvalue weighted by atomic mass is 10.2. The standard InChI is InChI=1S/C13H21FN4/c14-12-4-3-5-13(16-12)18-10-8-17(9-11-18)7-2-1-6-15/h3-5H,1-2,6-11,15H2. The molecule has 5 heteroatoms. The lowest BCUT2D eigenvalue weighted by Gasteiger charge is -2.35. The number of halogens is 1. The summed E-state index contributed by atoms with van der Waals surface area (Å²) in [7, 11) is 0. The molecule has 1 aromatic rings. The molecule has 1 aliphatic rings. The summed E-state index contributed by atoms with van der Waals surface area (Å²) in [5, 5.41) is 0. The highest BCUT2D eigenvalue weighted by molar-refractivity contribution is 5.38. The number of rotatable bonds is 5. The lowest BCUT2D eigenvalue weighted by Crippen LogP contribution is -2.47. The summed E-state index contributed by atoms with van der Waals surface area (Å²) in [6.07, 6.45) is 2.25. The summed E-state index contributed by atoms with van der Waals surface area (Å²) in [5.74, 6) is 0.342. The zero-order chi connectivity index (χ0) is 12.8. The molecule has 0 bridgehead atoms. The van der Waals surface area contributed by atoms with Gasteiger partial charge in [-0.3, -0.25) is 4.90 Å². The Labute approximate surface area is 108 Å². The van der Waals surface area contributed by atoms with Gasteiger partial charge in [-0.2, -0.15) is 4.39 Å². The lowest BCUT2D eigenvalue weighted by molar-refractivity contribution is 0.253. The van der Waals surface area contributed by atoms with Crippen LogP contribution in [0.25, 0.3) is 0 Å². The fraction of sp³-hybridized carbons (Fsp3) is 0.615. The third-order valence-corrected chi connectivity index (χ3v) is 3.33. The molecule has 0 aromatic carbocycles. The van der Waals surface area contributed by atoms with Gasteiger partial charge in [0.15, 0.2) is 0 Å². The largest absolute Gasteiger partial charge is 0.354 e. The van der Waals surface area contributed by atoms with Crippen molar-refractivity contribution in [3.63, 3.8) is 0 Å². The van der Waals surface area contributed by atoms with Gasteiger partial charge in [-0.1, -0.05) is 6.07 Å². The van der Waals surface area contributed by atoms with Gasteiger partial charge in [0.2, 0.25) is 5.95 Å². The minimum Gasteiger partial charge on any atom is -0.354 e. The molecule has 0 unspecified atom stereocenters. The van der Waals surface area contributed by atoms with Crippen LogP contribution >= 0.6 is 0 Å². The number of hydrogen-bond acceptors (Lipinski definition) is 4. The van der Waals surface area contributed by atoms with Crippen molar-refractivity contribution >= 4 is 5.82 Å². The highest BCUT2D eigenvalue weighted by Crippen LogP contribution is 2.13. The Morgan fingerprint density at radius 3 is 2.61 bits per heavy atom. The van der Waals surface area contributed by atoms with Gasteiger partial charge in [-0.05, 0) is 38.1 Å². The molecular formula is C13H21FN4. The Bertz CT molecular complexity index is 364. The van der Waals surface area contributed by atoms with Gasteiger partial charge in [0.05, 0.1) is 0 Å². The second-order valence-electron chi connectivity index (χ2n) is 4.64. The SMILES string of the molecule is NCCCCN1CCN(c2cccc(F)n2)CC1. The summed E-state index contributed by atoms with van der Waals surface area (Å²) in [6.45, 7) is 5.75. The first-order valence-electron chi connectivity index (χ1n) is 6.59. The summed E-state index contributed by atoms with van der Waals surface area (Å²) in [4.78, 5) is 8.50. The number of hydrogen-bond donors (Lipinski definition) is 1. The molecule has 1 saturated heterocycles. The summed E-state index contributed by atoms with van der Waals surface area (Å²) in [6, 6.07) is 4.96. The van der Waals surface area contributed by atoms with Crippen LogP contribution in [0, 0.1) is 5.95 Å². The van der Waals surface area contributed by atoms with E-state index in [2.05, 4.69) is 14.8 Å². The van der Waals surface area contributed by atoms with Gasteiger partial charge >= 0.3 is 0 Å². The molecule has 0 atom stereocenters. The molecular weight excluding hydrogens is 231 g/mol. The third kappa shape index (κ3) is 3.65. The molecule has 0 aliphatic carbocycles. The number of anilines is 1. The van der Waals surface area contributed by atoms with Gasteiger partial charge in [0, 0.05) is 26.2 Å².